The van der Waals surface area contributed by atoms with E-state index in [9.17, 15) is 9.59 Å². The van der Waals surface area contributed by atoms with Crippen LogP contribution in [0.25, 0.3) is 0 Å². The van der Waals surface area contributed by atoms with Gasteiger partial charge in [-0.25, -0.2) is 0 Å². The van der Waals surface area contributed by atoms with E-state index in [-0.39, 0.29) is 23.3 Å². The zero-order valence-electron chi connectivity index (χ0n) is 19.0. The Labute approximate surface area is 187 Å². The molecule has 2 aliphatic heterocycles. The predicted molar refractivity (Wildman–Crippen MR) is 116 cm³/mol. The van der Waals surface area contributed by atoms with Crippen LogP contribution in [-0.4, -0.2) is 55.8 Å². The van der Waals surface area contributed by atoms with Gasteiger partial charge in [0.2, 0.25) is 5.82 Å². The van der Waals surface area contributed by atoms with Crippen molar-refractivity contribution in [3.63, 3.8) is 0 Å². The Morgan fingerprint density at radius 3 is 2.59 bits per heavy atom. The van der Waals surface area contributed by atoms with Gasteiger partial charge in [-0.1, -0.05) is 24.4 Å². The maximum absolute atomic E-state index is 13.1. The number of rotatable bonds is 3. The number of nitrogens with zero attached hydrogens (tertiary/aromatic N) is 5. The highest BCUT2D eigenvalue weighted by molar-refractivity contribution is 5.96. The number of hydrogen-bond acceptors (Lipinski definition) is 6. The molecule has 4 heterocycles. The van der Waals surface area contributed by atoms with Crippen molar-refractivity contribution < 1.29 is 14.1 Å². The van der Waals surface area contributed by atoms with Crippen LogP contribution in [0.5, 0.6) is 0 Å². The van der Waals surface area contributed by atoms with Crippen LogP contribution in [-0.2, 0) is 13.0 Å². The molecule has 1 saturated carbocycles. The third-order valence-electron chi connectivity index (χ3n) is 7.69. The fourth-order valence-corrected chi connectivity index (χ4v) is 5.73. The monoisotopic (exact) mass is 440 g/mol. The number of fused-ring (bicyclic) bond motifs is 1. The molecule has 3 aliphatic rings. The average Bonchev–Trinajstić information content (AvgIpc) is 3.45. The zero-order valence-corrected chi connectivity index (χ0v) is 19.0. The summed E-state index contributed by atoms with van der Waals surface area (Å²) in [6, 6.07) is 0.250. The molecule has 2 amide bonds. The van der Waals surface area contributed by atoms with Gasteiger partial charge < -0.3 is 19.3 Å². The minimum atomic E-state index is -0.103. The molecule has 172 valence electrons. The van der Waals surface area contributed by atoms with Gasteiger partial charge in [0.25, 0.3) is 11.8 Å². The van der Waals surface area contributed by atoms with Gasteiger partial charge in [0.15, 0.2) is 0 Å². The molecule has 2 aromatic heterocycles. The predicted octanol–water partition coefficient (Wildman–Crippen LogP) is 2.81. The quantitative estimate of drug-likeness (QED) is 0.787. The van der Waals surface area contributed by atoms with E-state index >= 15 is 0 Å². The van der Waals surface area contributed by atoms with Crippen LogP contribution in [0.1, 0.15) is 89.6 Å². The molecule has 32 heavy (non-hydrogen) atoms. The molecule has 1 spiro atoms. The molecule has 2 aromatic rings. The first-order valence-corrected chi connectivity index (χ1v) is 11.9. The molecular formula is C23H32N6O3. The number of hydrogen-bond donors (Lipinski definition) is 1. The number of likely N-dealkylation sites (tertiary alicyclic amines) is 1. The van der Waals surface area contributed by atoms with E-state index in [1.54, 1.807) is 6.92 Å². The van der Waals surface area contributed by atoms with Crippen molar-refractivity contribution in [2.75, 3.05) is 13.1 Å². The molecule has 0 bridgehead atoms. The van der Waals surface area contributed by atoms with E-state index < -0.39 is 0 Å². The smallest absolute Gasteiger partial charge is 0.289 e. The highest BCUT2D eigenvalue weighted by Gasteiger charge is 2.42. The first kappa shape index (κ1) is 21.2. The number of amides is 2. The second-order valence-corrected chi connectivity index (χ2v) is 9.83. The van der Waals surface area contributed by atoms with Crippen LogP contribution in [0.4, 0.5) is 0 Å². The summed E-state index contributed by atoms with van der Waals surface area (Å²) >= 11 is 0. The highest BCUT2D eigenvalue weighted by atomic mass is 16.5. The largest absolute Gasteiger partial charge is 0.361 e. The molecule has 1 saturated heterocycles. The fourth-order valence-electron chi connectivity index (χ4n) is 5.73. The Hall–Kier alpha value is -2.71. The number of carbonyl (C=O) groups excluding carboxylic acids is 2. The van der Waals surface area contributed by atoms with Gasteiger partial charge in [0.1, 0.15) is 17.1 Å². The van der Waals surface area contributed by atoms with Gasteiger partial charge in [-0.2, -0.15) is 0 Å². The van der Waals surface area contributed by atoms with E-state index in [1.165, 1.54) is 19.3 Å². The van der Waals surface area contributed by atoms with E-state index in [0.29, 0.717) is 29.4 Å². The number of nitrogens with one attached hydrogen (secondary N) is 1. The second kappa shape index (κ2) is 8.33. The molecule has 1 N–H and O–H groups in total. The summed E-state index contributed by atoms with van der Waals surface area (Å²) < 4.78 is 7.21. The van der Waals surface area contributed by atoms with Gasteiger partial charge in [0.05, 0.1) is 5.69 Å². The van der Waals surface area contributed by atoms with Crippen molar-refractivity contribution in [1.82, 2.24) is 30.1 Å². The van der Waals surface area contributed by atoms with Crippen molar-refractivity contribution in [2.24, 2.45) is 5.41 Å². The number of aryl methyl sites for hydroxylation is 3. The Balaban J connectivity index is 1.26. The molecular weight excluding hydrogens is 408 g/mol. The van der Waals surface area contributed by atoms with E-state index in [2.05, 4.69) is 20.7 Å². The minimum Gasteiger partial charge on any atom is -0.361 e. The molecule has 0 unspecified atom stereocenters. The van der Waals surface area contributed by atoms with Crippen LogP contribution >= 0.6 is 0 Å². The lowest BCUT2D eigenvalue weighted by Crippen LogP contribution is -2.37. The molecule has 9 nitrogen and oxygen atoms in total. The Kier molecular flexibility index (Phi) is 5.51. The van der Waals surface area contributed by atoms with Crippen molar-refractivity contribution in [3.05, 3.63) is 28.7 Å². The minimum absolute atomic E-state index is 0.00863. The topological polar surface area (TPSA) is 106 Å². The maximum Gasteiger partial charge on any atom is 0.289 e. The van der Waals surface area contributed by atoms with Gasteiger partial charge in [-0.05, 0) is 51.4 Å². The Morgan fingerprint density at radius 1 is 1.06 bits per heavy atom. The van der Waals surface area contributed by atoms with Crippen LogP contribution in [0.15, 0.2) is 4.52 Å². The lowest BCUT2D eigenvalue weighted by atomic mass is 9.80. The zero-order chi connectivity index (χ0) is 22.3. The molecule has 0 radical (unpaired) electrons. The summed E-state index contributed by atoms with van der Waals surface area (Å²) in [7, 11) is 0. The van der Waals surface area contributed by atoms with Crippen LogP contribution in [0.2, 0.25) is 0 Å². The normalized spacial score (nSPS) is 23.9. The van der Waals surface area contributed by atoms with Crippen molar-refractivity contribution >= 4 is 11.8 Å². The van der Waals surface area contributed by atoms with Gasteiger partial charge >= 0.3 is 0 Å². The van der Waals surface area contributed by atoms with Gasteiger partial charge in [-0.3, -0.25) is 9.59 Å². The van der Waals surface area contributed by atoms with E-state index in [0.717, 1.165) is 57.4 Å². The van der Waals surface area contributed by atoms with Crippen molar-refractivity contribution in [1.29, 1.82) is 0 Å². The Morgan fingerprint density at radius 2 is 1.84 bits per heavy atom. The highest BCUT2D eigenvalue weighted by Crippen LogP contribution is 2.41. The van der Waals surface area contributed by atoms with Crippen molar-refractivity contribution in [3.8, 4) is 0 Å². The standard InChI is InChI=1S/C23H32N6O3/c1-15-19(16(2)32-27-15)22(31)28-12-10-23(14-28)9-8-18-25-26-20(29(18)13-11-23)21(30)24-17-6-4-3-5-7-17/h17H,3-14H2,1-2H3,(H,24,30)/t23-/m1/s1. The van der Waals surface area contributed by atoms with Gasteiger partial charge in [-0.15, -0.1) is 10.2 Å². The summed E-state index contributed by atoms with van der Waals surface area (Å²) in [5, 5.41) is 15.7. The SMILES string of the molecule is Cc1noc(C)c1C(=O)N1CC[C@@]2(CCc3nnc(C(=O)NC4CCCCC4)n3CC2)C1. The lowest BCUT2D eigenvalue weighted by molar-refractivity contribution is 0.0764. The third-order valence-corrected chi connectivity index (χ3v) is 7.69. The molecule has 1 aliphatic carbocycles. The first-order valence-electron chi connectivity index (χ1n) is 11.9. The summed E-state index contributed by atoms with van der Waals surface area (Å²) in [4.78, 5) is 28.0. The Bertz CT molecular complexity index is 1000. The average molecular weight is 441 g/mol. The lowest BCUT2D eigenvalue weighted by Gasteiger charge is -2.27. The summed E-state index contributed by atoms with van der Waals surface area (Å²) in [5.41, 5.74) is 1.29. The fraction of sp³-hybridized carbons (Fsp3) is 0.696. The number of carbonyl (C=O) groups is 2. The molecule has 1 atom stereocenters. The maximum atomic E-state index is 13.1. The van der Waals surface area contributed by atoms with E-state index in [1.807, 2.05) is 16.4 Å². The number of aromatic nitrogens is 4. The molecule has 5 rings (SSSR count). The summed E-state index contributed by atoms with van der Waals surface area (Å²) in [6.07, 6.45) is 9.29. The molecule has 9 heteroatoms. The first-order chi connectivity index (χ1) is 15.5. The van der Waals surface area contributed by atoms with E-state index in [4.69, 9.17) is 4.52 Å². The second-order valence-electron chi connectivity index (χ2n) is 9.83. The van der Waals surface area contributed by atoms with Crippen LogP contribution in [0.3, 0.4) is 0 Å². The third kappa shape index (κ3) is 3.82. The van der Waals surface area contributed by atoms with Crippen molar-refractivity contribution in [2.45, 2.75) is 84.2 Å². The van der Waals surface area contributed by atoms with Crippen LogP contribution in [0, 0.1) is 19.3 Å². The van der Waals surface area contributed by atoms with Crippen LogP contribution < -0.4 is 5.32 Å². The molecule has 2 fully saturated rings. The summed E-state index contributed by atoms with van der Waals surface area (Å²) in [5.74, 6) is 1.80. The summed E-state index contributed by atoms with van der Waals surface area (Å²) in [6.45, 7) is 5.77. The van der Waals surface area contributed by atoms with Gasteiger partial charge in [0, 0.05) is 32.1 Å². The molecule has 0 aromatic carbocycles.